The van der Waals surface area contributed by atoms with Crippen molar-refractivity contribution in [1.29, 1.82) is 0 Å². The predicted octanol–water partition coefficient (Wildman–Crippen LogP) is 4.82. The first-order chi connectivity index (χ1) is 11.2. The summed E-state index contributed by atoms with van der Waals surface area (Å²) in [4.78, 5) is 0.176. The van der Waals surface area contributed by atoms with E-state index >= 15 is 0 Å². The van der Waals surface area contributed by atoms with E-state index < -0.39 is 10.1 Å². The van der Waals surface area contributed by atoms with Crippen molar-refractivity contribution in [2.24, 2.45) is 0 Å². The van der Waals surface area contributed by atoms with Crippen molar-refractivity contribution in [1.82, 2.24) is 5.48 Å². The van der Waals surface area contributed by atoms with Gasteiger partial charge in [0.15, 0.2) is 0 Å². The molecular formula is C18H31NO3S. The van der Waals surface area contributed by atoms with E-state index in [2.05, 4.69) is 12.4 Å². The summed E-state index contributed by atoms with van der Waals surface area (Å²) >= 11 is 0. The molecule has 0 saturated heterocycles. The molecule has 0 saturated carbocycles. The van der Waals surface area contributed by atoms with Gasteiger partial charge in [0.1, 0.15) is 0 Å². The van der Waals surface area contributed by atoms with Crippen LogP contribution >= 0.6 is 0 Å². The van der Waals surface area contributed by atoms with E-state index in [0.29, 0.717) is 6.54 Å². The molecule has 0 aliphatic heterocycles. The second-order valence-corrected chi connectivity index (χ2v) is 7.47. The van der Waals surface area contributed by atoms with Crippen LogP contribution in [0.3, 0.4) is 0 Å². The van der Waals surface area contributed by atoms with E-state index in [-0.39, 0.29) is 4.90 Å². The van der Waals surface area contributed by atoms with Gasteiger partial charge in [0.25, 0.3) is 0 Å². The second kappa shape index (κ2) is 12.5. The minimum atomic E-state index is -3.68. The molecule has 1 N–H and O–H groups in total. The molecule has 5 heteroatoms. The monoisotopic (exact) mass is 341 g/mol. The highest BCUT2D eigenvalue weighted by Crippen LogP contribution is 2.11. The zero-order valence-corrected chi connectivity index (χ0v) is 15.1. The van der Waals surface area contributed by atoms with Crippen molar-refractivity contribution in [2.45, 2.75) is 76.0 Å². The summed E-state index contributed by atoms with van der Waals surface area (Å²) in [6, 6.07) is 8.18. The van der Waals surface area contributed by atoms with Crippen LogP contribution in [0.1, 0.15) is 71.1 Å². The van der Waals surface area contributed by atoms with E-state index in [0.717, 1.165) is 12.8 Å². The Labute approximate surface area is 141 Å². The highest BCUT2D eigenvalue weighted by Gasteiger charge is 2.13. The summed E-state index contributed by atoms with van der Waals surface area (Å²) in [6.45, 7) is 2.80. The number of nitrogens with one attached hydrogen (secondary N) is 1. The van der Waals surface area contributed by atoms with Crippen LogP contribution in [0.5, 0.6) is 0 Å². The Morgan fingerprint density at radius 3 is 1.91 bits per heavy atom. The number of benzene rings is 1. The first kappa shape index (κ1) is 20.1. The summed E-state index contributed by atoms with van der Waals surface area (Å²) in [5, 5.41) is 0. The lowest BCUT2D eigenvalue weighted by Crippen LogP contribution is -2.21. The fraction of sp³-hybridized carbons (Fsp3) is 0.667. The predicted molar refractivity (Wildman–Crippen MR) is 94.6 cm³/mol. The molecule has 4 nitrogen and oxygen atoms in total. The summed E-state index contributed by atoms with van der Waals surface area (Å²) < 4.78 is 28.5. The molecule has 23 heavy (non-hydrogen) atoms. The fourth-order valence-corrected chi connectivity index (χ4v) is 3.26. The molecule has 0 unspecified atom stereocenters. The standard InChI is InChI=1S/C18H31NO3S/c1-2-3-4-5-6-7-8-9-10-14-17-19-22-23(20,21)18-15-12-11-13-16-18/h11-13,15-16,19H,2-10,14,17H2,1H3. The van der Waals surface area contributed by atoms with Crippen LogP contribution in [0.25, 0.3) is 0 Å². The van der Waals surface area contributed by atoms with Gasteiger partial charge in [-0.3, -0.25) is 0 Å². The van der Waals surface area contributed by atoms with Crippen molar-refractivity contribution in [3.63, 3.8) is 0 Å². The summed E-state index contributed by atoms with van der Waals surface area (Å²) in [5.74, 6) is 0. The summed E-state index contributed by atoms with van der Waals surface area (Å²) in [6.07, 6.45) is 12.6. The molecule has 0 aliphatic carbocycles. The lowest BCUT2D eigenvalue weighted by Gasteiger charge is -2.06. The van der Waals surface area contributed by atoms with Gasteiger partial charge in [0.05, 0.1) is 4.90 Å². The highest BCUT2D eigenvalue weighted by atomic mass is 32.2. The normalized spacial score (nSPS) is 11.7. The molecule has 1 aromatic rings. The Balaban J connectivity index is 1.96. The largest absolute Gasteiger partial charge is 0.312 e. The molecular weight excluding hydrogens is 310 g/mol. The molecule has 0 fully saturated rings. The molecule has 0 radical (unpaired) electrons. The zero-order chi connectivity index (χ0) is 16.8. The van der Waals surface area contributed by atoms with Crippen molar-refractivity contribution in [2.75, 3.05) is 6.54 Å². The number of hydrogen-bond acceptors (Lipinski definition) is 4. The maximum atomic E-state index is 11.8. The molecule has 1 rings (SSSR count). The van der Waals surface area contributed by atoms with E-state index in [9.17, 15) is 8.42 Å². The van der Waals surface area contributed by atoms with Gasteiger partial charge in [-0.2, -0.15) is 18.2 Å². The Bertz CT molecular complexity index is 488. The first-order valence-corrected chi connectivity index (χ1v) is 10.3. The summed E-state index contributed by atoms with van der Waals surface area (Å²) in [7, 11) is -3.68. The second-order valence-electron chi connectivity index (χ2n) is 5.93. The van der Waals surface area contributed by atoms with E-state index in [1.165, 1.54) is 63.5 Å². The van der Waals surface area contributed by atoms with Crippen molar-refractivity contribution in [3.8, 4) is 0 Å². The molecule has 0 spiro atoms. The maximum absolute atomic E-state index is 11.8. The van der Waals surface area contributed by atoms with Gasteiger partial charge in [-0.25, -0.2) is 0 Å². The Hall–Kier alpha value is -0.910. The molecule has 0 aliphatic rings. The third kappa shape index (κ3) is 9.74. The van der Waals surface area contributed by atoms with Crippen LogP contribution in [0.4, 0.5) is 0 Å². The van der Waals surface area contributed by atoms with Crippen LogP contribution in [0, 0.1) is 0 Å². The number of hydroxylamine groups is 1. The lowest BCUT2D eigenvalue weighted by molar-refractivity contribution is 0.201. The smallest absolute Gasteiger partial charge is 0.192 e. The van der Waals surface area contributed by atoms with Crippen molar-refractivity contribution in [3.05, 3.63) is 30.3 Å². The van der Waals surface area contributed by atoms with Gasteiger partial charge < -0.3 is 0 Å². The minimum Gasteiger partial charge on any atom is -0.192 e. The van der Waals surface area contributed by atoms with Gasteiger partial charge in [-0.05, 0) is 18.6 Å². The minimum absolute atomic E-state index is 0.176. The third-order valence-corrected chi connectivity index (χ3v) is 5.02. The molecule has 0 bridgehead atoms. The summed E-state index contributed by atoms with van der Waals surface area (Å²) in [5.41, 5.74) is 2.56. The van der Waals surface area contributed by atoms with E-state index in [1.807, 2.05) is 0 Å². The fourth-order valence-electron chi connectivity index (χ4n) is 2.44. The number of hydrogen-bond donors (Lipinski definition) is 1. The van der Waals surface area contributed by atoms with Crippen LogP contribution in [0.15, 0.2) is 35.2 Å². The average molecular weight is 342 g/mol. The number of unbranched alkanes of at least 4 members (excludes halogenated alkanes) is 9. The lowest BCUT2D eigenvalue weighted by atomic mass is 10.1. The van der Waals surface area contributed by atoms with Gasteiger partial charge in [-0.1, -0.05) is 82.9 Å². The Morgan fingerprint density at radius 2 is 1.35 bits per heavy atom. The van der Waals surface area contributed by atoms with Crippen LogP contribution in [-0.2, 0) is 14.4 Å². The molecule has 0 amide bonds. The first-order valence-electron chi connectivity index (χ1n) is 8.88. The zero-order valence-electron chi connectivity index (χ0n) is 14.3. The van der Waals surface area contributed by atoms with E-state index in [4.69, 9.17) is 4.28 Å². The van der Waals surface area contributed by atoms with E-state index in [1.54, 1.807) is 18.2 Å². The SMILES string of the molecule is CCCCCCCCCCCCNOS(=O)(=O)c1ccccc1. The topological polar surface area (TPSA) is 55.4 Å². The van der Waals surface area contributed by atoms with Gasteiger partial charge in [-0.15, -0.1) is 0 Å². The van der Waals surface area contributed by atoms with Crippen LogP contribution in [0.2, 0.25) is 0 Å². The molecule has 0 heterocycles. The Morgan fingerprint density at radius 1 is 0.826 bits per heavy atom. The van der Waals surface area contributed by atoms with Gasteiger partial charge in [0.2, 0.25) is 0 Å². The molecule has 0 atom stereocenters. The quantitative estimate of drug-likeness (QED) is 0.389. The average Bonchev–Trinajstić information content (AvgIpc) is 2.56. The number of rotatable bonds is 14. The highest BCUT2D eigenvalue weighted by molar-refractivity contribution is 7.86. The molecule has 0 aromatic heterocycles. The van der Waals surface area contributed by atoms with Crippen LogP contribution in [-0.4, -0.2) is 15.0 Å². The van der Waals surface area contributed by atoms with Crippen molar-refractivity contribution < 1.29 is 12.7 Å². The third-order valence-electron chi connectivity index (χ3n) is 3.83. The van der Waals surface area contributed by atoms with Gasteiger partial charge in [0, 0.05) is 6.54 Å². The maximum Gasteiger partial charge on any atom is 0.312 e. The molecule has 132 valence electrons. The Kier molecular flexibility index (Phi) is 10.9. The molecule has 1 aromatic carbocycles. The van der Waals surface area contributed by atoms with Gasteiger partial charge >= 0.3 is 10.1 Å². The van der Waals surface area contributed by atoms with Crippen LogP contribution < -0.4 is 5.48 Å². The van der Waals surface area contributed by atoms with Crippen molar-refractivity contribution >= 4 is 10.1 Å².